The number of rotatable bonds is 4. The first-order chi connectivity index (χ1) is 6.22. The number of nitrogens with zero attached hydrogens (tertiary/aromatic N) is 2. The van der Waals surface area contributed by atoms with Crippen LogP contribution in [0.15, 0.2) is 24.9 Å². The molecular formula is C9H13N3O. The number of aromatic nitrogens is 2. The highest BCUT2D eigenvalue weighted by atomic mass is 16.5. The second kappa shape index (κ2) is 4.57. The van der Waals surface area contributed by atoms with Crippen molar-refractivity contribution in [1.29, 1.82) is 0 Å². The zero-order valence-electron chi connectivity index (χ0n) is 7.60. The fourth-order valence-electron chi connectivity index (χ4n) is 0.778. The van der Waals surface area contributed by atoms with Gasteiger partial charge in [-0.05, 0) is 13.0 Å². The van der Waals surface area contributed by atoms with Gasteiger partial charge in [0, 0.05) is 6.20 Å². The van der Waals surface area contributed by atoms with Crippen LogP contribution >= 0.6 is 0 Å². The van der Waals surface area contributed by atoms with Crippen LogP contribution in [0.2, 0.25) is 0 Å². The molecule has 1 unspecified atom stereocenters. The summed E-state index contributed by atoms with van der Waals surface area (Å²) in [5, 5.41) is 0. The van der Waals surface area contributed by atoms with Crippen molar-refractivity contribution in [1.82, 2.24) is 9.97 Å². The second-order valence-corrected chi connectivity index (χ2v) is 2.66. The van der Waals surface area contributed by atoms with Crippen LogP contribution in [0.25, 0.3) is 0 Å². The first-order valence-electron chi connectivity index (χ1n) is 4.04. The first kappa shape index (κ1) is 9.67. The van der Waals surface area contributed by atoms with Crippen LogP contribution in [0.5, 0.6) is 0 Å². The van der Waals surface area contributed by atoms with Gasteiger partial charge >= 0.3 is 0 Å². The van der Waals surface area contributed by atoms with Gasteiger partial charge in [0.2, 0.25) is 5.95 Å². The van der Waals surface area contributed by atoms with E-state index in [1.807, 2.05) is 6.92 Å². The Morgan fingerprint density at radius 2 is 2.54 bits per heavy atom. The van der Waals surface area contributed by atoms with E-state index in [-0.39, 0.29) is 12.1 Å². The Labute approximate surface area is 77.5 Å². The molecule has 0 fully saturated rings. The Morgan fingerprint density at radius 1 is 1.77 bits per heavy atom. The number of hydrogen-bond acceptors (Lipinski definition) is 4. The van der Waals surface area contributed by atoms with Crippen molar-refractivity contribution in [3.05, 3.63) is 30.6 Å². The Kier molecular flexibility index (Phi) is 3.40. The molecule has 4 heteroatoms. The predicted octanol–water partition coefficient (Wildman–Crippen LogP) is 1.15. The molecule has 13 heavy (non-hydrogen) atoms. The SMILES string of the molecule is C=CC(C)OCc1ccnc(N)n1. The topological polar surface area (TPSA) is 61.0 Å². The minimum Gasteiger partial charge on any atom is -0.368 e. The summed E-state index contributed by atoms with van der Waals surface area (Å²) < 4.78 is 5.37. The van der Waals surface area contributed by atoms with E-state index in [4.69, 9.17) is 10.5 Å². The molecule has 0 radical (unpaired) electrons. The minimum absolute atomic E-state index is 0.0242. The van der Waals surface area contributed by atoms with Crippen LogP contribution in [-0.4, -0.2) is 16.1 Å². The van der Waals surface area contributed by atoms with Crippen LogP contribution in [0.1, 0.15) is 12.6 Å². The van der Waals surface area contributed by atoms with E-state index in [0.717, 1.165) is 5.69 Å². The predicted molar refractivity (Wildman–Crippen MR) is 50.9 cm³/mol. The van der Waals surface area contributed by atoms with Gasteiger partial charge in [-0.2, -0.15) is 0 Å². The summed E-state index contributed by atoms with van der Waals surface area (Å²) in [5.74, 6) is 0.271. The molecule has 0 aliphatic heterocycles. The molecule has 0 aliphatic rings. The highest BCUT2D eigenvalue weighted by Gasteiger charge is 1.99. The van der Waals surface area contributed by atoms with Gasteiger partial charge in [-0.15, -0.1) is 6.58 Å². The highest BCUT2D eigenvalue weighted by Crippen LogP contribution is 2.01. The highest BCUT2D eigenvalue weighted by molar-refractivity contribution is 5.16. The maximum Gasteiger partial charge on any atom is 0.220 e. The lowest BCUT2D eigenvalue weighted by Gasteiger charge is -2.07. The van der Waals surface area contributed by atoms with Gasteiger partial charge in [-0.3, -0.25) is 0 Å². The number of nitrogens with two attached hydrogens (primary N) is 1. The van der Waals surface area contributed by atoms with Gasteiger partial charge < -0.3 is 10.5 Å². The largest absolute Gasteiger partial charge is 0.368 e. The molecule has 2 N–H and O–H groups in total. The van der Waals surface area contributed by atoms with E-state index < -0.39 is 0 Å². The fraction of sp³-hybridized carbons (Fsp3) is 0.333. The van der Waals surface area contributed by atoms with Crippen LogP contribution < -0.4 is 5.73 Å². The molecule has 0 saturated carbocycles. The lowest BCUT2D eigenvalue weighted by Crippen LogP contribution is -2.06. The van der Waals surface area contributed by atoms with Crippen molar-refractivity contribution < 1.29 is 4.74 Å². The number of nitrogen functional groups attached to an aromatic ring is 1. The summed E-state index contributed by atoms with van der Waals surface area (Å²) in [6, 6.07) is 1.77. The molecule has 1 rings (SSSR count). The third kappa shape index (κ3) is 3.21. The zero-order valence-corrected chi connectivity index (χ0v) is 7.60. The van der Waals surface area contributed by atoms with Crippen molar-refractivity contribution in [3.8, 4) is 0 Å². The van der Waals surface area contributed by atoms with E-state index in [1.54, 1.807) is 18.3 Å². The van der Waals surface area contributed by atoms with E-state index in [9.17, 15) is 0 Å². The number of ether oxygens (including phenoxy) is 1. The van der Waals surface area contributed by atoms with E-state index in [1.165, 1.54) is 0 Å². The van der Waals surface area contributed by atoms with Crippen molar-refractivity contribution in [2.24, 2.45) is 0 Å². The molecule has 0 aliphatic carbocycles. The zero-order chi connectivity index (χ0) is 9.68. The molecule has 4 nitrogen and oxygen atoms in total. The average molecular weight is 179 g/mol. The van der Waals surface area contributed by atoms with Gasteiger partial charge in [0.05, 0.1) is 18.4 Å². The summed E-state index contributed by atoms with van der Waals surface area (Å²) >= 11 is 0. The van der Waals surface area contributed by atoms with Crippen LogP contribution in [0.4, 0.5) is 5.95 Å². The second-order valence-electron chi connectivity index (χ2n) is 2.66. The Balaban J connectivity index is 2.49. The molecule has 0 aromatic carbocycles. The molecule has 1 heterocycles. The third-order valence-electron chi connectivity index (χ3n) is 1.56. The summed E-state index contributed by atoms with van der Waals surface area (Å²) in [4.78, 5) is 7.76. The smallest absolute Gasteiger partial charge is 0.220 e. The maximum absolute atomic E-state index is 5.40. The molecule has 70 valence electrons. The number of anilines is 1. The van der Waals surface area contributed by atoms with Gasteiger partial charge in [0.25, 0.3) is 0 Å². The van der Waals surface area contributed by atoms with Crippen LogP contribution in [0.3, 0.4) is 0 Å². The molecule has 1 aromatic rings. The van der Waals surface area contributed by atoms with E-state index in [2.05, 4.69) is 16.5 Å². The molecule has 1 atom stereocenters. The quantitative estimate of drug-likeness (QED) is 0.704. The lowest BCUT2D eigenvalue weighted by molar-refractivity contribution is 0.0820. The normalized spacial score (nSPS) is 12.4. The fourth-order valence-corrected chi connectivity index (χ4v) is 0.778. The van der Waals surface area contributed by atoms with Crippen molar-refractivity contribution in [3.63, 3.8) is 0 Å². The molecule has 0 spiro atoms. The van der Waals surface area contributed by atoms with Crippen molar-refractivity contribution >= 4 is 5.95 Å². The Bertz CT molecular complexity index is 288. The summed E-state index contributed by atoms with van der Waals surface area (Å²) in [6.45, 7) is 5.95. The molecule has 0 bridgehead atoms. The Hall–Kier alpha value is -1.42. The van der Waals surface area contributed by atoms with E-state index in [0.29, 0.717) is 6.61 Å². The minimum atomic E-state index is 0.0242. The average Bonchev–Trinajstić information content (AvgIpc) is 2.14. The number of hydrogen-bond donors (Lipinski definition) is 1. The van der Waals surface area contributed by atoms with Gasteiger partial charge in [0.15, 0.2) is 0 Å². The van der Waals surface area contributed by atoms with Crippen LogP contribution in [0, 0.1) is 0 Å². The maximum atomic E-state index is 5.40. The Morgan fingerprint density at radius 3 is 3.15 bits per heavy atom. The van der Waals surface area contributed by atoms with Crippen molar-refractivity contribution in [2.45, 2.75) is 19.6 Å². The van der Waals surface area contributed by atoms with Gasteiger partial charge in [-0.1, -0.05) is 6.08 Å². The van der Waals surface area contributed by atoms with Crippen LogP contribution in [-0.2, 0) is 11.3 Å². The third-order valence-corrected chi connectivity index (χ3v) is 1.56. The van der Waals surface area contributed by atoms with Gasteiger partial charge in [0.1, 0.15) is 0 Å². The molecular weight excluding hydrogens is 166 g/mol. The molecule has 0 amide bonds. The lowest BCUT2D eigenvalue weighted by atomic mass is 10.4. The molecule has 0 saturated heterocycles. The standard InChI is InChI=1S/C9H13N3O/c1-3-7(2)13-6-8-4-5-11-9(10)12-8/h3-5,7H,1,6H2,2H3,(H2,10,11,12). The summed E-state index contributed by atoms with van der Waals surface area (Å²) in [5.41, 5.74) is 6.18. The monoisotopic (exact) mass is 179 g/mol. The summed E-state index contributed by atoms with van der Waals surface area (Å²) in [7, 11) is 0. The van der Waals surface area contributed by atoms with Gasteiger partial charge in [-0.25, -0.2) is 9.97 Å². The van der Waals surface area contributed by atoms with E-state index >= 15 is 0 Å². The van der Waals surface area contributed by atoms with Crippen molar-refractivity contribution in [2.75, 3.05) is 5.73 Å². The summed E-state index contributed by atoms with van der Waals surface area (Å²) in [6.07, 6.45) is 3.36. The molecule has 1 aromatic heterocycles. The first-order valence-corrected chi connectivity index (χ1v) is 4.04.